The lowest BCUT2D eigenvalue weighted by Gasteiger charge is -2.14. The van der Waals surface area contributed by atoms with E-state index in [0.717, 1.165) is 22.4 Å². The highest BCUT2D eigenvalue weighted by Gasteiger charge is 2.29. The van der Waals surface area contributed by atoms with E-state index in [9.17, 15) is 4.79 Å². The fourth-order valence-corrected chi connectivity index (χ4v) is 2.92. The molecule has 24 heavy (non-hydrogen) atoms. The molecule has 0 spiro atoms. The molecule has 2 aromatic heterocycles. The Hall–Kier alpha value is -2.86. The summed E-state index contributed by atoms with van der Waals surface area (Å²) in [6.45, 7) is 0.752. The van der Waals surface area contributed by atoms with Crippen LogP contribution in [0.4, 0.5) is 0 Å². The van der Waals surface area contributed by atoms with Crippen molar-refractivity contribution in [2.24, 2.45) is 14.1 Å². The molecule has 0 radical (unpaired) electrons. The van der Waals surface area contributed by atoms with Gasteiger partial charge in [0.2, 0.25) is 0 Å². The molecule has 0 unspecified atom stereocenters. The van der Waals surface area contributed by atoms with Crippen LogP contribution in [0.25, 0.3) is 11.1 Å². The summed E-state index contributed by atoms with van der Waals surface area (Å²) in [5, 5.41) is 5.66. The van der Waals surface area contributed by atoms with Crippen LogP contribution in [0.3, 0.4) is 0 Å². The first kappa shape index (κ1) is 14.7. The lowest BCUT2D eigenvalue weighted by molar-refractivity contribution is -0.135. The number of nitrogens with zero attached hydrogens (tertiary/aromatic N) is 4. The highest BCUT2D eigenvalue weighted by Crippen LogP contribution is 2.29. The summed E-state index contributed by atoms with van der Waals surface area (Å²) in [6, 6.07) is 9.90. The molecule has 1 aromatic carbocycles. The Bertz CT molecular complexity index is 909. The molecule has 0 N–H and O–H groups in total. The molecule has 0 atom stereocenters. The number of benzene rings is 1. The minimum Gasteiger partial charge on any atom is -0.357 e. The fourth-order valence-electron chi connectivity index (χ4n) is 2.92. The first-order valence-electron chi connectivity index (χ1n) is 7.79. The van der Waals surface area contributed by atoms with E-state index in [2.05, 4.69) is 5.10 Å². The Morgan fingerprint density at radius 1 is 1.12 bits per heavy atom. The van der Waals surface area contributed by atoms with E-state index in [1.165, 1.54) is 5.06 Å². The van der Waals surface area contributed by atoms with Crippen molar-refractivity contribution in [3.05, 3.63) is 65.7 Å². The number of rotatable bonds is 4. The Kier molecular flexibility index (Phi) is 3.46. The van der Waals surface area contributed by atoms with Crippen LogP contribution in [0.5, 0.6) is 0 Å². The van der Waals surface area contributed by atoms with Gasteiger partial charge < -0.3 is 4.57 Å². The third kappa shape index (κ3) is 2.61. The number of amides is 1. The number of fused-ring (bicyclic) bond motifs is 1. The molecule has 1 aliphatic rings. The Morgan fingerprint density at radius 2 is 2.00 bits per heavy atom. The number of aryl methyl sites for hydroxylation is 2. The van der Waals surface area contributed by atoms with Crippen molar-refractivity contribution < 1.29 is 9.63 Å². The lowest BCUT2D eigenvalue weighted by Crippen LogP contribution is -2.24. The maximum Gasteiger partial charge on any atom is 0.278 e. The first-order valence-corrected chi connectivity index (χ1v) is 7.79. The number of hydrogen-bond donors (Lipinski definition) is 0. The molecule has 3 aromatic rings. The maximum absolute atomic E-state index is 12.6. The van der Waals surface area contributed by atoms with Gasteiger partial charge in [-0.25, -0.2) is 5.06 Å². The second-order valence-electron chi connectivity index (χ2n) is 6.03. The Morgan fingerprint density at radius 3 is 2.71 bits per heavy atom. The second kappa shape index (κ2) is 5.65. The molecule has 4 rings (SSSR count). The lowest BCUT2D eigenvalue weighted by atomic mass is 10.0. The predicted octanol–water partition coefficient (Wildman–Crippen LogP) is 2.51. The Labute approximate surface area is 139 Å². The van der Waals surface area contributed by atoms with Gasteiger partial charge in [0.15, 0.2) is 0 Å². The van der Waals surface area contributed by atoms with Gasteiger partial charge in [0.05, 0.1) is 12.2 Å². The van der Waals surface area contributed by atoms with Gasteiger partial charge in [-0.1, -0.05) is 12.1 Å². The average Bonchev–Trinajstić information content (AvgIpc) is 3.26. The molecule has 0 saturated carbocycles. The molecule has 122 valence electrons. The number of hydroxylamine groups is 2. The summed E-state index contributed by atoms with van der Waals surface area (Å²) in [4.78, 5) is 18.2. The van der Waals surface area contributed by atoms with Crippen molar-refractivity contribution in [1.29, 1.82) is 0 Å². The second-order valence-corrected chi connectivity index (χ2v) is 6.03. The van der Waals surface area contributed by atoms with E-state index in [-0.39, 0.29) is 12.5 Å². The smallest absolute Gasteiger partial charge is 0.278 e. The van der Waals surface area contributed by atoms with Gasteiger partial charge >= 0.3 is 0 Å². The summed E-state index contributed by atoms with van der Waals surface area (Å²) >= 11 is 0. The van der Waals surface area contributed by atoms with Crippen molar-refractivity contribution in [3.8, 4) is 11.1 Å². The fraction of sp³-hybridized carbons (Fsp3) is 0.222. The van der Waals surface area contributed by atoms with E-state index in [1.807, 2.05) is 67.6 Å². The number of hydrogen-bond acceptors (Lipinski definition) is 3. The Balaban J connectivity index is 1.52. The first-order chi connectivity index (χ1) is 11.6. The van der Waals surface area contributed by atoms with Gasteiger partial charge in [0.1, 0.15) is 6.61 Å². The highest BCUT2D eigenvalue weighted by atomic mass is 16.7. The molecule has 0 bridgehead atoms. The molecule has 3 heterocycles. The standard InChI is InChI=1S/C18H18N4O2/c1-20-7-5-14(10-20)13-3-4-15-11-22(18(23)17(15)9-13)24-12-16-6-8-21(2)19-16/h3-10H,11-12H2,1-2H3. The van der Waals surface area contributed by atoms with Crippen LogP contribution >= 0.6 is 0 Å². The van der Waals surface area contributed by atoms with Crippen molar-refractivity contribution >= 4 is 5.91 Å². The van der Waals surface area contributed by atoms with Gasteiger partial charge in [0.25, 0.3) is 5.91 Å². The van der Waals surface area contributed by atoms with Crippen molar-refractivity contribution in [2.75, 3.05) is 0 Å². The number of aromatic nitrogens is 3. The third-order valence-electron chi connectivity index (χ3n) is 4.18. The summed E-state index contributed by atoms with van der Waals surface area (Å²) in [6.07, 6.45) is 5.88. The topological polar surface area (TPSA) is 52.3 Å². The van der Waals surface area contributed by atoms with Crippen LogP contribution in [-0.4, -0.2) is 25.3 Å². The molecule has 6 nitrogen and oxygen atoms in total. The van der Waals surface area contributed by atoms with Crippen LogP contribution in [0, 0.1) is 0 Å². The largest absolute Gasteiger partial charge is 0.357 e. The molecule has 1 amide bonds. The summed E-state index contributed by atoms with van der Waals surface area (Å²) in [5.41, 5.74) is 4.62. The van der Waals surface area contributed by atoms with E-state index < -0.39 is 0 Å². The zero-order valence-electron chi connectivity index (χ0n) is 13.6. The highest BCUT2D eigenvalue weighted by molar-refractivity contribution is 5.98. The molecule has 0 fully saturated rings. The van der Waals surface area contributed by atoms with Gasteiger partial charge in [0, 0.05) is 38.2 Å². The van der Waals surface area contributed by atoms with Crippen molar-refractivity contribution in [3.63, 3.8) is 0 Å². The summed E-state index contributed by atoms with van der Waals surface area (Å²) in [7, 11) is 3.83. The number of carbonyl (C=O) groups is 1. The SMILES string of the molecule is Cn1ccc(-c2ccc3c(c2)C(=O)N(OCc2ccn(C)n2)C3)c1. The maximum atomic E-state index is 12.6. The van der Waals surface area contributed by atoms with E-state index >= 15 is 0 Å². The van der Waals surface area contributed by atoms with Crippen molar-refractivity contribution in [2.45, 2.75) is 13.2 Å². The van der Waals surface area contributed by atoms with Crippen LogP contribution in [0.2, 0.25) is 0 Å². The van der Waals surface area contributed by atoms with Crippen LogP contribution in [0.15, 0.2) is 48.9 Å². The summed E-state index contributed by atoms with van der Waals surface area (Å²) in [5.74, 6) is -0.0984. The zero-order chi connectivity index (χ0) is 16.7. The normalized spacial score (nSPS) is 13.6. The quantitative estimate of drug-likeness (QED) is 0.741. The van der Waals surface area contributed by atoms with Gasteiger partial charge in [-0.3, -0.25) is 14.3 Å². The molecular formula is C18H18N4O2. The molecule has 0 saturated heterocycles. The predicted molar refractivity (Wildman–Crippen MR) is 88.7 cm³/mol. The van der Waals surface area contributed by atoms with Crippen LogP contribution < -0.4 is 0 Å². The summed E-state index contributed by atoms with van der Waals surface area (Å²) < 4.78 is 3.71. The monoisotopic (exact) mass is 322 g/mol. The minimum atomic E-state index is -0.0984. The van der Waals surface area contributed by atoms with Crippen LogP contribution in [0.1, 0.15) is 21.6 Å². The van der Waals surface area contributed by atoms with Gasteiger partial charge in [-0.15, -0.1) is 0 Å². The third-order valence-corrected chi connectivity index (χ3v) is 4.18. The van der Waals surface area contributed by atoms with Gasteiger partial charge in [-0.2, -0.15) is 5.10 Å². The minimum absolute atomic E-state index is 0.0984. The molecule has 1 aliphatic heterocycles. The molecular weight excluding hydrogens is 304 g/mol. The van der Waals surface area contributed by atoms with E-state index in [0.29, 0.717) is 12.1 Å². The number of carbonyl (C=O) groups excluding carboxylic acids is 1. The van der Waals surface area contributed by atoms with Crippen molar-refractivity contribution in [1.82, 2.24) is 19.4 Å². The van der Waals surface area contributed by atoms with E-state index in [1.54, 1.807) is 4.68 Å². The van der Waals surface area contributed by atoms with Gasteiger partial charge in [-0.05, 0) is 34.9 Å². The molecule has 6 heteroatoms. The zero-order valence-corrected chi connectivity index (χ0v) is 13.6. The van der Waals surface area contributed by atoms with E-state index in [4.69, 9.17) is 4.84 Å². The molecule has 0 aliphatic carbocycles. The average molecular weight is 322 g/mol. The van der Waals surface area contributed by atoms with Crippen LogP contribution in [-0.2, 0) is 32.1 Å².